The Balaban J connectivity index is 1.73. The first-order valence-corrected chi connectivity index (χ1v) is 12.5. The largest absolute Gasteiger partial charge is 0.457 e. The quantitative estimate of drug-likeness (QED) is 0.101. The van der Waals surface area contributed by atoms with Gasteiger partial charge in [0, 0.05) is 17.0 Å². The highest BCUT2D eigenvalue weighted by molar-refractivity contribution is 6.02. The number of allylic oxidation sites excluding steroid dienone is 1. The zero-order chi connectivity index (χ0) is 26.5. The zero-order valence-corrected chi connectivity index (χ0v) is 21.4. The number of H-pyrrole nitrogens is 1. The molecule has 5 rings (SSSR count). The summed E-state index contributed by atoms with van der Waals surface area (Å²) in [7, 11) is 0. The van der Waals surface area contributed by atoms with E-state index in [2.05, 4.69) is 54.0 Å². The second-order valence-electron chi connectivity index (χ2n) is 8.90. The van der Waals surface area contributed by atoms with Crippen LogP contribution in [0.5, 0.6) is 17.2 Å². The van der Waals surface area contributed by atoms with E-state index in [4.69, 9.17) is 9.47 Å². The number of aromatic nitrogens is 2. The van der Waals surface area contributed by atoms with Gasteiger partial charge >= 0.3 is 5.97 Å². The smallest absolute Gasteiger partial charge is 0.335 e. The summed E-state index contributed by atoms with van der Waals surface area (Å²) in [4.78, 5) is 12.2. The van der Waals surface area contributed by atoms with Crippen molar-refractivity contribution < 1.29 is 14.3 Å². The Labute approximate surface area is 222 Å². The van der Waals surface area contributed by atoms with Gasteiger partial charge in [0.1, 0.15) is 17.2 Å². The minimum absolute atomic E-state index is 0.471. The van der Waals surface area contributed by atoms with Crippen molar-refractivity contribution in [3.05, 3.63) is 132 Å². The Kier molecular flexibility index (Phi) is 7.18. The van der Waals surface area contributed by atoms with Crippen molar-refractivity contribution in [1.82, 2.24) is 10.2 Å². The van der Waals surface area contributed by atoms with Gasteiger partial charge in [-0.3, -0.25) is 5.10 Å². The van der Waals surface area contributed by atoms with E-state index in [0.29, 0.717) is 5.75 Å². The number of nitrogens with zero attached hydrogens (tertiary/aromatic N) is 1. The highest BCUT2D eigenvalue weighted by Crippen LogP contribution is 2.40. The minimum Gasteiger partial charge on any atom is -0.457 e. The third kappa shape index (κ3) is 5.13. The van der Waals surface area contributed by atoms with E-state index in [9.17, 15) is 4.79 Å². The molecule has 0 aliphatic rings. The molecular formula is C33H28N2O3. The maximum atomic E-state index is 12.2. The molecule has 5 aromatic rings. The lowest BCUT2D eigenvalue weighted by Gasteiger charge is -2.20. The Morgan fingerprint density at radius 3 is 2.47 bits per heavy atom. The van der Waals surface area contributed by atoms with Crippen LogP contribution in [0.1, 0.15) is 35.6 Å². The van der Waals surface area contributed by atoms with E-state index in [1.165, 1.54) is 6.08 Å². The van der Waals surface area contributed by atoms with E-state index in [1.807, 2.05) is 67.7 Å². The molecule has 1 aromatic heterocycles. The number of carbonyl (C=O) groups is 1. The van der Waals surface area contributed by atoms with Gasteiger partial charge in [0.15, 0.2) is 0 Å². The maximum absolute atomic E-state index is 12.2. The number of rotatable bonds is 8. The lowest BCUT2D eigenvalue weighted by molar-refractivity contribution is -0.128. The summed E-state index contributed by atoms with van der Waals surface area (Å²) in [6.45, 7) is 7.72. The van der Waals surface area contributed by atoms with Gasteiger partial charge in [-0.2, -0.15) is 5.10 Å². The molecule has 0 saturated heterocycles. The van der Waals surface area contributed by atoms with Crippen LogP contribution in [0.3, 0.4) is 0 Å². The number of carbonyl (C=O) groups excluding carboxylic acids is 1. The molecule has 0 aliphatic carbocycles. The van der Waals surface area contributed by atoms with Gasteiger partial charge in [-0.25, -0.2) is 4.79 Å². The van der Waals surface area contributed by atoms with Crippen molar-refractivity contribution in [3.8, 4) is 17.2 Å². The summed E-state index contributed by atoms with van der Waals surface area (Å²) in [6.07, 6.45) is 3.71. The number of nitrogens with one attached hydrogen (secondary N) is 1. The Bertz CT molecular complexity index is 1650. The average Bonchev–Trinajstić information content (AvgIpc) is 3.42. The SMILES string of the molecule is C=CC(=O)Oc1ccccc1/C(=C(\CC)c1ccc(C)c(Oc2ccccc2)c1)c1ccc2[nH]ncc2c1. The monoisotopic (exact) mass is 500 g/mol. The highest BCUT2D eigenvalue weighted by atomic mass is 16.5. The lowest BCUT2D eigenvalue weighted by atomic mass is 9.87. The van der Waals surface area contributed by atoms with E-state index in [1.54, 1.807) is 6.07 Å². The summed E-state index contributed by atoms with van der Waals surface area (Å²) in [5.41, 5.74) is 6.88. The van der Waals surface area contributed by atoms with Crippen molar-refractivity contribution >= 4 is 28.0 Å². The summed E-state index contributed by atoms with van der Waals surface area (Å²) >= 11 is 0. The van der Waals surface area contributed by atoms with Gasteiger partial charge in [-0.1, -0.05) is 68.1 Å². The number of aryl methyl sites for hydroxylation is 1. The highest BCUT2D eigenvalue weighted by Gasteiger charge is 2.19. The topological polar surface area (TPSA) is 64.2 Å². The van der Waals surface area contributed by atoms with E-state index in [-0.39, 0.29) is 0 Å². The first kappa shape index (κ1) is 24.8. The Morgan fingerprint density at radius 2 is 1.68 bits per heavy atom. The first-order chi connectivity index (χ1) is 18.6. The molecule has 0 saturated carbocycles. The normalized spacial score (nSPS) is 11.6. The fourth-order valence-corrected chi connectivity index (χ4v) is 4.54. The predicted octanol–water partition coefficient (Wildman–Crippen LogP) is 8.12. The van der Waals surface area contributed by atoms with Gasteiger partial charge in [0.2, 0.25) is 0 Å². The molecule has 38 heavy (non-hydrogen) atoms. The van der Waals surface area contributed by atoms with Crippen molar-refractivity contribution in [2.75, 3.05) is 0 Å². The maximum Gasteiger partial charge on any atom is 0.335 e. The van der Waals surface area contributed by atoms with Crippen LogP contribution in [0, 0.1) is 6.92 Å². The van der Waals surface area contributed by atoms with Gasteiger partial charge < -0.3 is 9.47 Å². The third-order valence-corrected chi connectivity index (χ3v) is 6.43. The minimum atomic E-state index is -0.506. The zero-order valence-electron chi connectivity index (χ0n) is 21.4. The molecule has 4 aromatic carbocycles. The second-order valence-corrected chi connectivity index (χ2v) is 8.90. The summed E-state index contributed by atoms with van der Waals surface area (Å²) in [5.74, 6) is 1.53. The van der Waals surface area contributed by atoms with Gasteiger partial charge in [0.25, 0.3) is 0 Å². The average molecular weight is 501 g/mol. The van der Waals surface area contributed by atoms with Crippen LogP contribution in [0.4, 0.5) is 0 Å². The Hall–Kier alpha value is -4.90. The second kappa shape index (κ2) is 11.0. The lowest BCUT2D eigenvalue weighted by Crippen LogP contribution is -2.06. The van der Waals surface area contributed by atoms with Crippen LogP contribution in [-0.2, 0) is 4.79 Å². The standard InChI is InChI=1S/C33H28N2O3/c1-4-27(23-16-15-22(3)31(20-23)37-26-11-7-6-8-12-26)33(24-17-18-29-25(19-24)21-34-35-29)28-13-9-10-14-30(28)38-32(36)5-2/h5-21H,2,4H2,1,3H3,(H,34,35)/b33-27+. The molecule has 5 heteroatoms. The molecule has 0 spiro atoms. The number of hydrogen-bond donors (Lipinski definition) is 1. The fraction of sp³-hybridized carbons (Fsp3) is 0.0909. The fourth-order valence-electron chi connectivity index (χ4n) is 4.54. The molecule has 1 N–H and O–H groups in total. The number of benzene rings is 4. The molecular weight excluding hydrogens is 472 g/mol. The molecule has 0 unspecified atom stereocenters. The number of aromatic amines is 1. The van der Waals surface area contributed by atoms with Gasteiger partial charge in [0.05, 0.1) is 11.7 Å². The summed E-state index contributed by atoms with van der Waals surface area (Å²) in [5, 5.41) is 8.20. The molecule has 0 bridgehead atoms. The molecule has 0 aliphatic heterocycles. The molecule has 5 nitrogen and oxygen atoms in total. The van der Waals surface area contributed by atoms with E-state index < -0.39 is 5.97 Å². The van der Waals surface area contributed by atoms with Gasteiger partial charge in [-0.05, 0) is 77.6 Å². The number of fused-ring (bicyclic) bond motifs is 1. The van der Waals surface area contributed by atoms with Crippen molar-refractivity contribution in [1.29, 1.82) is 0 Å². The Morgan fingerprint density at radius 1 is 0.921 bits per heavy atom. The van der Waals surface area contributed by atoms with E-state index >= 15 is 0 Å². The van der Waals surface area contributed by atoms with Crippen LogP contribution in [0.15, 0.2) is 110 Å². The van der Waals surface area contributed by atoms with Crippen molar-refractivity contribution in [3.63, 3.8) is 0 Å². The number of ether oxygens (including phenoxy) is 2. The van der Waals surface area contributed by atoms with Crippen molar-refractivity contribution in [2.24, 2.45) is 0 Å². The van der Waals surface area contributed by atoms with Crippen LogP contribution < -0.4 is 9.47 Å². The van der Waals surface area contributed by atoms with Crippen LogP contribution >= 0.6 is 0 Å². The predicted molar refractivity (Wildman–Crippen MR) is 152 cm³/mol. The number of para-hydroxylation sites is 2. The third-order valence-electron chi connectivity index (χ3n) is 6.43. The molecule has 0 fully saturated rings. The number of hydrogen-bond acceptors (Lipinski definition) is 4. The molecule has 0 radical (unpaired) electrons. The molecule has 1 heterocycles. The van der Waals surface area contributed by atoms with E-state index in [0.717, 1.165) is 62.2 Å². The molecule has 188 valence electrons. The molecule has 0 amide bonds. The first-order valence-electron chi connectivity index (χ1n) is 12.5. The van der Waals surface area contributed by atoms with Crippen molar-refractivity contribution in [2.45, 2.75) is 20.3 Å². The number of esters is 1. The van der Waals surface area contributed by atoms with Crippen LogP contribution in [-0.4, -0.2) is 16.2 Å². The summed E-state index contributed by atoms with van der Waals surface area (Å²) < 4.78 is 11.9. The molecule has 0 atom stereocenters. The summed E-state index contributed by atoms with van der Waals surface area (Å²) in [6, 6.07) is 29.8. The van der Waals surface area contributed by atoms with Gasteiger partial charge in [-0.15, -0.1) is 0 Å². The van der Waals surface area contributed by atoms with Crippen LogP contribution in [0.2, 0.25) is 0 Å². The van der Waals surface area contributed by atoms with Crippen LogP contribution in [0.25, 0.3) is 22.0 Å².